The Morgan fingerprint density at radius 3 is 2.08 bits per heavy atom. The Labute approximate surface area is 76.1 Å². The lowest BCUT2D eigenvalue weighted by atomic mass is 9.86. The normalized spacial score (nSPS) is 22.8. The maximum atomic E-state index is 6.10. The van der Waals surface area contributed by atoms with E-state index in [9.17, 15) is 0 Å². The lowest BCUT2D eigenvalue weighted by Crippen LogP contribution is -2.68. The molecule has 1 rings (SSSR count). The lowest BCUT2D eigenvalue weighted by Gasteiger charge is -2.51. The molecule has 12 heavy (non-hydrogen) atoms. The Morgan fingerprint density at radius 2 is 1.75 bits per heavy atom. The van der Waals surface area contributed by atoms with Crippen LogP contribution in [0.15, 0.2) is 0 Å². The smallest absolute Gasteiger partial charge is 0.0410 e. The van der Waals surface area contributed by atoms with Crippen LogP contribution < -0.4 is 5.73 Å². The van der Waals surface area contributed by atoms with Crippen molar-refractivity contribution in [2.75, 3.05) is 13.1 Å². The molecular formula is C10H22N2. The van der Waals surface area contributed by atoms with Crippen molar-refractivity contribution >= 4 is 0 Å². The van der Waals surface area contributed by atoms with Gasteiger partial charge in [-0.1, -0.05) is 20.8 Å². The van der Waals surface area contributed by atoms with Crippen LogP contribution in [-0.4, -0.2) is 29.6 Å². The molecule has 0 amide bonds. The third-order valence-corrected chi connectivity index (χ3v) is 3.20. The summed E-state index contributed by atoms with van der Waals surface area (Å²) in [7, 11) is 0. The van der Waals surface area contributed by atoms with E-state index < -0.39 is 0 Å². The van der Waals surface area contributed by atoms with E-state index in [1.807, 2.05) is 0 Å². The molecule has 0 unspecified atom stereocenters. The van der Waals surface area contributed by atoms with Crippen molar-refractivity contribution in [1.82, 2.24) is 4.90 Å². The van der Waals surface area contributed by atoms with E-state index in [2.05, 4.69) is 25.7 Å². The molecule has 1 fully saturated rings. The Morgan fingerprint density at radius 1 is 1.25 bits per heavy atom. The standard InChI is InChI=1S/C10H22N2/c1-4-9(5-2)12-7-10(11,6-3)8-12/h9H,4-8,11H2,1-3H3. The Bertz CT molecular complexity index is 135. The second kappa shape index (κ2) is 3.75. The highest BCUT2D eigenvalue weighted by Gasteiger charge is 2.39. The van der Waals surface area contributed by atoms with Crippen LogP contribution in [0.4, 0.5) is 0 Å². The van der Waals surface area contributed by atoms with Crippen LogP contribution in [0.5, 0.6) is 0 Å². The van der Waals surface area contributed by atoms with Crippen LogP contribution in [0.3, 0.4) is 0 Å². The second-order valence-corrected chi connectivity index (χ2v) is 4.09. The fourth-order valence-corrected chi connectivity index (χ4v) is 2.05. The predicted octanol–water partition coefficient (Wildman–Crippen LogP) is 1.60. The van der Waals surface area contributed by atoms with Crippen LogP contribution in [0.2, 0.25) is 0 Å². The minimum atomic E-state index is 0.141. The number of hydrogen-bond acceptors (Lipinski definition) is 2. The molecule has 0 saturated carbocycles. The number of likely N-dealkylation sites (tertiary alicyclic amines) is 1. The Kier molecular flexibility index (Phi) is 3.13. The zero-order valence-corrected chi connectivity index (χ0v) is 8.64. The van der Waals surface area contributed by atoms with Gasteiger partial charge in [0.15, 0.2) is 0 Å². The minimum Gasteiger partial charge on any atom is -0.323 e. The lowest BCUT2D eigenvalue weighted by molar-refractivity contribution is 0.0237. The van der Waals surface area contributed by atoms with Gasteiger partial charge in [0.2, 0.25) is 0 Å². The molecule has 0 aliphatic carbocycles. The monoisotopic (exact) mass is 170 g/mol. The third kappa shape index (κ3) is 1.80. The summed E-state index contributed by atoms with van der Waals surface area (Å²) in [4.78, 5) is 2.52. The van der Waals surface area contributed by atoms with Gasteiger partial charge in [-0.2, -0.15) is 0 Å². The molecule has 0 bridgehead atoms. The molecule has 1 aliphatic heterocycles. The van der Waals surface area contributed by atoms with E-state index in [1.54, 1.807) is 0 Å². The molecular weight excluding hydrogens is 148 g/mol. The number of rotatable bonds is 4. The molecule has 1 aliphatic rings. The minimum absolute atomic E-state index is 0.141. The molecule has 0 atom stereocenters. The highest BCUT2D eigenvalue weighted by Crippen LogP contribution is 2.25. The van der Waals surface area contributed by atoms with E-state index >= 15 is 0 Å². The van der Waals surface area contributed by atoms with Gasteiger partial charge >= 0.3 is 0 Å². The first-order valence-electron chi connectivity index (χ1n) is 5.18. The van der Waals surface area contributed by atoms with Gasteiger partial charge in [0.25, 0.3) is 0 Å². The first-order valence-corrected chi connectivity index (χ1v) is 5.18. The molecule has 0 aromatic rings. The summed E-state index contributed by atoms with van der Waals surface area (Å²) in [6.07, 6.45) is 3.64. The molecule has 0 aromatic heterocycles. The van der Waals surface area contributed by atoms with Gasteiger partial charge in [0.1, 0.15) is 0 Å². The number of hydrogen-bond donors (Lipinski definition) is 1. The van der Waals surface area contributed by atoms with E-state index in [0.717, 1.165) is 25.6 Å². The SMILES string of the molecule is CCC(CC)N1CC(N)(CC)C1. The van der Waals surface area contributed by atoms with Crippen molar-refractivity contribution in [2.45, 2.75) is 51.6 Å². The van der Waals surface area contributed by atoms with Crippen LogP contribution in [0.1, 0.15) is 40.0 Å². The fraction of sp³-hybridized carbons (Fsp3) is 1.00. The van der Waals surface area contributed by atoms with E-state index in [0.29, 0.717) is 0 Å². The van der Waals surface area contributed by atoms with Gasteiger partial charge in [0.05, 0.1) is 0 Å². The van der Waals surface area contributed by atoms with Gasteiger partial charge in [-0.25, -0.2) is 0 Å². The topological polar surface area (TPSA) is 29.3 Å². The Balaban J connectivity index is 2.32. The van der Waals surface area contributed by atoms with Crippen LogP contribution in [0.25, 0.3) is 0 Å². The van der Waals surface area contributed by atoms with Crippen molar-refractivity contribution in [3.05, 3.63) is 0 Å². The zero-order chi connectivity index (χ0) is 9.19. The second-order valence-electron chi connectivity index (χ2n) is 4.09. The molecule has 2 nitrogen and oxygen atoms in total. The van der Waals surface area contributed by atoms with Crippen molar-refractivity contribution in [2.24, 2.45) is 5.73 Å². The summed E-state index contributed by atoms with van der Waals surface area (Å²) in [6, 6.07) is 0.772. The third-order valence-electron chi connectivity index (χ3n) is 3.20. The summed E-state index contributed by atoms with van der Waals surface area (Å²) in [5, 5.41) is 0. The molecule has 1 saturated heterocycles. The molecule has 1 heterocycles. The summed E-state index contributed by atoms with van der Waals surface area (Å²) in [5.41, 5.74) is 6.24. The number of nitrogens with two attached hydrogens (primary N) is 1. The summed E-state index contributed by atoms with van der Waals surface area (Å²) in [5.74, 6) is 0. The molecule has 0 spiro atoms. The molecule has 2 heteroatoms. The van der Waals surface area contributed by atoms with E-state index in [1.165, 1.54) is 12.8 Å². The number of nitrogens with zero attached hydrogens (tertiary/aromatic N) is 1. The molecule has 72 valence electrons. The van der Waals surface area contributed by atoms with Gasteiger partial charge in [-0.3, -0.25) is 4.90 Å². The van der Waals surface area contributed by atoms with Gasteiger partial charge < -0.3 is 5.73 Å². The van der Waals surface area contributed by atoms with Crippen molar-refractivity contribution < 1.29 is 0 Å². The molecule has 2 N–H and O–H groups in total. The first-order chi connectivity index (χ1) is 5.65. The van der Waals surface area contributed by atoms with Crippen LogP contribution >= 0.6 is 0 Å². The highest BCUT2D eigenvalue weighted by molar-refractivity contribution is 5.00. The first kappa shape index (κ1) is 10.0. The average Bonchev–Trinajstić information content (AvgIpc) is 2.03. The summed E-state index contributed by atoms with van der Waals surface area (Å²) in [6.45, 7) is 8.92. The van der Waals surface area contributed by atoms with Crippen molar-refractivity contribution in [3.63, 3.8) is 0 Å². The van der Waals surface area contributed by atoms with Crippen molar-refractivity contribution in [1.29, 1.82) is 0 Å². The van der Waals surface area contributed by atoms with Gasteiger partial charge in [-0.15, -0.1) is 0 Å². The highest BCUT2D eigenvalue weighted by atomic mass is 15.3. The summed E-state index contributed by atoms with van der Waals surface area (Å²) >= 11 is 0. The Hall–Kier alpha value is -0.0800. The van der Waals surface area contributed by atoms with Crippen LogP contribution in [0, 0.1) is 0 Å². The maximum absolute atomic E-state index is 6.10. The zero-order valence-electron chi connectivity index (χ0n) is 8.64. The van der Waals surface area contributed by atoms with E-state index in [-0.39, 0.29) is 5.54 Å². The van der Waals surface area contributed by atoms with E-state index in [4.69, 9.17) is 5.73 Å². The fourth-order valence-electron chi connectivity index (χ4n) is 2.05. The maximum Gasteiger partial charge on any atom is 0.0410 e. The van der Waals surface area contributed by atoms with Crippen molar-refractivity contribution in [3.8, 4) is 0 Å². The van der Waals surface area contributed by atoms with Crippen LogP contribution in [-0.2, 0) is 0 Å². The van der Waals surface area contributed by atoms with Gasteiger partial charge in [-0.05, 0) is 19.3 Å². The summed E-state index contributed by atoms with van der Waals surface area (Å²) < 4.78 is 0. The van der Waals surface area contributed by atoms with Gasteiger partial charge in [0, 0.05) is 24.7 Å². The average molecular weight is 170 g/mol. The molecule has 0 aromatic carbocycles. The quantitative estimate of drug-likeness (QED) is 0.694. The molecule has 0 radical (unpaired) electrons. The largest absolute Gasteiger partial charge is 0.323 e. The predicted molar refractivity (Wildman–Crippen MR) is 53.2 cm³/mol.